The van der Waals surface area contributed by atoms with E-state index < -0.39 is 0 Å². The Balaban J connectivity index is 2.02. The van der Waals surface area contributed by atoms with Crippen LogP contribution in [0.3, 0.4) is 0 Å². The predicted octanol–water partition coefficient (Wildman–Crippen LogP) is 1.91. The highest BCUT2D eigenvalue weighted by molar-refractivity contribution is 4.81. The zero-order valence-corrected chi connectivity index (χ0v) is 10.7. The van der Waals surface area contributed by atoms with Crippen LogP contribution in [0.25, 0.3) is 0 Å². The van der Waals surface area contributed by atoms with Gasteiger partial charge in [0.1, 0.15) is 0 Å². The van der Waals surface area contributed by atoms with E-state index in [1.54, 1.807) is 0 Å². The minimum atomic E-state index is 0.657. The van der Waals surface area contributed by atoms with Crippen LogP contribution in [0.2, 0.25) is 0 Å². The fourth-order valence-corrected chi connectivity index (χ4v) is 2.47. The third kappa shape index (κ3) is 5.28. The molecular weight excluding hydrogens is 200 g/mol. The SMILES string of the molecule is CCCOCCCNC1CCCCC1CN. The smallest absolute Gasteiger partial charge is 0.0478 e. The Hall–Kier alpha value is -0.120. The second kappa shape index (κ2) is 8.97. The Kier molecular flexibility index (Phi) is 7.81. The fourth-order valence-electron chi connectivity index (χ4n) is 2.47. The van der Waals surface area contributed by atoms with Crippen molar-refractivity contribution < 1.29 is 4.74 Å². The molecule has 0 radical (unpaired) electrons. The van der Waals surface area contributed by atoms with Gasteiger partial charge in [0.25, 0.3) is 0 Å². The van der Waals surface area contributed by atoms with Crippen molar-refractivity contribution in [3.05, 3.63) is 0 Å². The van der Waals surface area contributed by atoms with Crippen molar-refractivity contribution in [3.63, 3.8) is 0 Å². The summed E-state index contributed by atoms with van der Waals surface area (Å²) in [6.45, 7) is 5.84. The van der Waals surface area contributed by atoms with Crippen molar-refractivity contribution in [3.8, 4) is 0 Å². The minimum absolute atomic E-state index is 0.657. The van der Waals surface area contributed by atoms with Crippen molar-refractivity contribution >= 4 is 0 Å². The van der Waals surface area contributed by atoms with Crippen LogP contribution in [0.15, 0.2) is 0 Å². The van der Waals surface area contributed by atoms with Gasteiger partial charge in [0.05, 0.1) is 0 Å². The zero-order valence-electron chi connectivity index (χ0n) is 10.7. The normalized spacial score (nSPS) is 25.9. The Morgan fingerprint density at radius 3 is 2.81 bits per heavy atom. The molecule has 2 atom stereocenters. The molecule has 1 rings (SSSR count). The zero-order chi connectivity index (χ0) is 11.6. The number of rotatable bonds is 8. The van der Waals surface area contributed by atoms with E-state index in [0.717, 1.165) is 39.1 Å². The molecule has 1 aliphatic carbocycles. The lowest BCUT2D eigenvalue weighted by atomic mass is 9.84. The van der Waals surface area contributed by atoms with Gasteiger partial charge < -0.3 is 15.8 Å². The molecular formula is C13H28N2O. The maximum atomic E-state index is 5.80. The topological polar surface area (TPSA) is 47.3 Å². The van der Waals surface area contributed by atoms with E-state index in [9.17, 15) is 0 Å². The number of ether oxygens (including phenoxy) is 1. The van der Waals surface area contributed by atoms with E-state index in [1.165, 1.54) is 25.7 Å². The monoisotopic (exact) mass is 228 g/mol. The van der Waals surface area contributed by atoms with E-state index in [4.69, 9.17) is 10.5 Å². The highest BCUT2D eigenvalue weighted by Gasteiger charge is 2.22. The van der Waals surface area contributed by atoms with Gasteiger partial charge in [-0.2, -0.15) is 0 Å². The molecule has 0 aliphatic heterocycles. The van der Waals surface area contributed by atoms with Crippen molar-refractivity contribution in [2.75, 3.05) is 26.3 Å². The standard InChI is InChI=1S/C13H28N2O/c1-2-9-16-10-5-8-15-13-7-4-3-6-12(13)11-14/h12-13,15H,2-11,14H2,1H3. The molecule has 3 N–H and O–H groups in total. The van der Waals surface area contributed by atoms with E-state index >= 15 is 0 Å². The van der Waals surface area contributed by atoms with Crippen LogP contribution in [0.5, 0.6) is 0 Å². The Labute approximate surface area is 100 Å². The number of nitrogens with two attached hydrogens (primary N) is 1. The Morgan fingerprint density at radius 2 is 2.06 bits per heavy atom. The van der Waals surface area contributed by atoms with E-state index in [1.807, 2.05) is 0 Å². The molecule has 0 amide bonds. The quantitative estimate of drug-likeness (QED) is 0.624. The highest BCUT2D eigenvalue weighted by atomic mass is 16.5. The summed E-state index contributed by atoms with van der Waals surface area (Å²) in [4.78, 5) is 0. The lowest BCUT2D eigenvalue weighted by Crippen LogP contribution is -2.42. The molecule has 3 nitrogen and oxygen atoms in total. The molecule has 0 bridgehead atoms. The van der Waals surface area contributed by atoms with Crippen LogP contribution in [-0.2, 0) is 4.74 Å². The molecule has 16 heavy (non-hydrogen) atoms. The van der Waals surface area contributed by atoms with Crippen molar-refractivity contribution in [1.82, 2.24) is 5.32 Å². The summed E-state index contributed by atoms with van der Waals surface area (Å²) in [6, 6.07) is 0.657. The van der Waals surface area contributed by atoms with Crippen LogP contribution in [0.1, 0.15) is 45.4 Å². The van der Waals surface area contributed by atoms with Crippen molar-refractivity contribution in [2.24, 2.45) is 11.7 Å². The fraction of sp³-hybridized carbons (Fsp3) is 1.00. The predicted molar refractivity (Wildman–Crippen MR) is 68.5 cm³/mol. The van der Waals surface area contributed by atoms with E-state index in [2.05, 4.69) is 12.2 Å². The second-order valence-corrected chi connectivity index (χ2v) is 4.81. The number of nitrogens with one attached hydrogen (secondary N) is 1. The maximum Gasteiger partial charge on any atom is 0.0478 e. The van der Waals surface area contributed by atoms with Crippen molar-refractivity contribution in [2.45, 2.75) is 51.5 Å². The van der Waals surface area contributed by atoms with Gasteiger partial charge in [-0.1, -0.05) is 19.8 Å². The lowest BCUT2D eigenvalue weighted by Gasteiger charge is -2.31. The molecule has 0 aromatic carbocycles. The number of hydrogen-bond donors (Lipinski definition) is 2. The van der Waals surface area contributed by atoms with Gasteiger partial charge in [0.15, 0.2) is 0 Å². The maximum absolute atomic E-state index is 5.80. The molecule has 0 saturated heterocycles. The van der Waals surface area contributed by atoms with Gasteiger partial charge in [0, 0.05) is 19.3 Å². The summed E-state index contributed by atoms with van der Waals surface area (Å²) < 4.78 is 5.46. The molecule has 1 aliphatic rings. The van der Waals surface area contributed by atoms with Gasteiger partial charge in [-0.15, -0.1) is 0 Å². The molecule has 1 saturated carbocycles. The average molecular weight is 228 g/mol. The van der Waals surface area contributed by atoms with Crippen LogP contribution < -0.4 is 11.1 Å². The summed E-state index contributed by atoms with van der Waals surface area (Å²) in [7, 11) is 0. The molecule has 0 aromatic heterocycles. The largest absolute Gasteiger partial charge is 0.381 e. The second-order valence-electron chi connectivity index (χ2n) is 4.81. The molecule has 1 fully saturated rings. The third-order valence-electron chi connectivity index (χ3n) is 3.43. The molecule has 3 heteroatoms. The van der Waals surface area contributed by atoms with Gasteiger partial charge in [-0.05, 0) is 44.7 Å². The first-order valence-electron chi connectivity index (χ1n) is 6.89. The third-order valence-corrected chi connectivity index (χ3v) is 3.43. The van der Waals surface area contributed by atoms with Gasteiger partial charge in [0.2, 0.25) is 0 Å². The Morgan fingerprint density at radius 1 is 1.25 bits per heavy atom. The molecule has 0 aromatic rings. The van der Waals surface area contributed by atoms with Crippen molar-refractivity contribution in [1.29, 1.82) is 0 Å². The summed E-state index contributed by atoms with van der Waals surface area (Å²) in [5.74, 6) is 0.699. The summed E-state index contributed by atoms with van der Waals surface area (Å²) >= 11 is 0. The first kappa shape index (κ1) is 13.9. The van der Waals surface area contributed by atoms with Gasteiger partial charge in [-0.3, -0.25) is 0 Å². The summed E-state index contributed by atoms with van der Waals surface area (Å²) in [5.41, 5.74) is 5.80. The summed E-state index contributed by atoms with van der Waals surface area (Å²) in [5, 5.41) is 3.64. The Bertz CT molecular complexity index is 164. The average Bonchev–Trinajstić information content (AvgIpc) is 2.34. The van der Waals surface area contributed by atoms with E-state index in [-0.39, 0.29) is 0 Å². The first-order chi connectivity index (χ1) is 7.88. The molecule has 96 valence electrons. The van der Waals surface area contributed by atoms with Crippen LogP contribution in [0, 0.1) is 5.92 Å². The van der Waals surface area contributed by atoms with Gasteiger partial charge >= 0.3 is 0 Å². The van der Waals surface area contributed by atoms with Crippen LogP contribution >= 0.6 is 0 Å². The van der Waals surface area contributed by atoms with Crippen LogP contribution in [0.4, 0.5) is 0 Å². The minimum Gasteiger partial charge on any atom is -0.381 e. The molecule has 2 unspecified atom stereocenters. The van der Waals surface area contributed by atoms with Crippen LogP contribution in [-0.4, -0.2) is 32.3 Å². The number of hydrogen-bond acceptors (Lipinski definition) is 3. The first-order valence-corrected chi connectivity index (χ1v) is 6.89. The molecule has 0 heterocycles. The summed E-state index contributed by atoms with van der Waals surface area (Å²) in [6.07, 6.45) is 7.57. The lowest BCUT2D eigenvalue weighted by molar-refractivity contribution is 0.130. The van der Waals surface area contributed by atoms with E-state index in [0.29, 0.717) is 12.0 Å². The highest BCUT2D eigenvalue weighted by Crippen LogP contribution is 2.23. The van der Waals surface area contributed by atoms with Gasteiger partial charge in [-0.25, -0.2) is 0 Å². The molecule has 0 spiro atoms.